The van der Waals surface area contributed by atoms with E-state index in [1.165, 1.54) is 0 Å². The molecule has 0 aromatic rings. The highest BCUT2D eigenvalue weighted by molar-refractivity contribution is 5.81. The van der Waals surface area contributed by atoms with Gasteiger partial charge in [-0.25, -0.2) is 0 Å². The summed E-state index contributed by atoms with van der Waals surface area (Å²) in [6.45, 7) is 4.98. The van der Waals surface area contributed by atoms with Gasteiger partial charge in [-0.3, -0.25) is 4.79 Å². The molecule has 1 atom stereocenters. The summed E-state index contributed by atoms with van der Waals surface area (Å²) in [6.07, 6.45) is 1.48. The normalized spacial score (nSPS) is 13.5. The van der Waals surface area contributed by atoms with E-state index < -0.39 is 0 Å². The van der Waals surface area contributed by atoms with Crippen LogP contribution in [0.5, 0.6) is 0 Å². The van der Waals surface area contributed by atoms with Crippen LogP contribution < -0.4 is 11.1 Å². The fraction of sp³-hybridized carbons (Fsp3) is 0.800. The molecule has 0 aromatic carbocycles. The van der Waals surface area contributed by atoms with Crippen molar-refractivity contribution >= 4 is 11.7 Å². The number of hydrogen-bond donors (Lipinski definition) is 3. The number of amidine groups is 1. The Morgan fingerprint density at radius 1 is 1.62 bits per heavy atom. The van der Waals surface area contributed by atoms with Gasteiger partial charge in [0.1, 0.15) is 5.84 Å². The monoisotopic (exact) mass is 231 g/mol. The zero-order valence-electron chi connectivity index (χ0n) is 9.90. The van der Waals surface area contributed by atoms with Gasteiger partial charge in [-0.05, 0) is 20.3 Å². The van der Waals surface area contributed by atoms with Gasteiger partial charge in [0.25, 0.3) is 0 Å². The van der Waals surface area contributed by atoms with Crippen molar-refractivity contribution in [2.75, 3.05) is 13.2 Å². The standard InChI is InChI=1S/C10H21N3O3/c1-3-16-6-4-5-10(14)12-8(2)7-9(11)13-15/h8,15H,3-7H2,1-2H3,(H2,11,13)(H,12,14). The number of oxime groups is 1. The zero-order valence-corrected chi connectivity index (χ0v) is 9.90. The lowest BCUT2D eigenvalue weighted by atomic mass is 10.2. The molecule has 0 rings (SSSR count). The number of nitrogens with zero attached hydrogens (tertiary/aromatic N) is 1. The third kappa shape index (κ3) is 8.05. The molecule has 16 heavy (non-hydrogen) atoms. The van der Waals surface area contributed by atoms with E-state index in [0.717, 1.165) is 0 Å². The van der Waals surface area contributed by atoms with E-state index in [1.807, 2.05) is 6.92 Å². The molecule has 0 spiro atoms. The van der Waals surface area contributed by atoms with E-state index >= 15 is 0 Å². The molecule has 0 saturated carbocycles. The van der Waals surface area contributed by atoms with Crippen LogP contribution in [-0.4, -0.2) is 36.2 Å². The second kappa shape index (κ2) is 8.96. The number of carbonyl (C=O) groups excluding carboxylic acids is 1. The summed E-state index contributed by atoms with van der Waals surface area (Å²) in [7, 11) is 0. The maximum absolute atomic E-state index is 11.4. The van der Waals surface area contributed by atoms with Crippen LogP contribution in [0.15, 0.2) is 5.16 Å². The summed E-state index contributed by atoms with van der Waals surface area (Å²) in [4.78, 5) is 11.4. The second-order valence-electron chi connectivity index (χ2n) is 3.56. The van der Waals surface area contributed by atoms with Crippen LogP contribution in [0.2, 0.25) is 0 Å². The minimum atomic E-state index is -0.129. The summed E-state index contributed by atoms with van der Waals surface area (Å²) < 4.78 is 5.12. The first-order valence-electron chi connectivity index (χ1n) is 5.43. The van der Waals surface area contributed by atoms with Gasteiger partial charge in [0.05, 0.1) is 0 Å². The number of rotatable bonds is 8. The number of ether oxygens (including phenoxy) is 1. The number of hydrogen-bond acceptors (Lipinski definition) is 4. The van der Waals surface area contributed by atoms with Crippen molar-refractivity contribution in [1.29, 1.82) is 0 Å². The molecule has 6 nitrogen and oxygen atoms in total. The lowest BCUT2D eigenvalue weighted by Gasteiger charge is -2.12. The molecule has 0 aromatic heterocycles. The molecule has 0 radical (unpaired) electrons. The molecule has 4 N–H and O–H groups in total. The number of nitrogens with two attached hydrogens (primary N) is 1. The van der Waals surface area contributed by atoms with E-state index in [1.54, 1.807) is 6.92 Å². The highest BCUT2D eigenvalue weighted by Crippen LogP contribution is 1.95. The molecule has 0 heterocycles. The molecular weight excluding hydrogens is 210 g/mol. The van der Waals surface area contributed by atoms with Gasteiger partial charge >= 0.3 is 0 Å². The number of nitrogens with one attached hydrogen (secondary N) is 1. The third-order valence-corrected chi connectivity index (χ3v) is 1.95. The van der Waals surface area contributed by atoms with Crippen molar-refractivity contribution in [2.45, 2.75) is 39.2 Å². The molecule has 0 aliphatic carbocycles. The Labute approximate surface area is 95.8 Å². The summed E-state index contributed by atoms with van der Waals surface area (Å²) in [6, 6.07) is -0.129. The zero-order chi connectivity index (χ0) is 12.4. The van der Waals surface area contributed by atoms with E-state index in [-0.39, 0.29) is 17.8 Å². The highest BCUT2D eigenvalue weighted by atomic mass is 16.5. The van der Waals surface area contributed by atoms with Gasteiger partial charge in [0.15, 0.2) is 0 Å². The van der Waals surface area contributed by atoms with Gasteiger partial charge in [0, 0.05) is 32.1 Å². The van der Waals surface area contributed by atoms with E-state index in [9.17, 15) is 4.79 Å². The Hall–Kier alpha value is -1.30. The van der Waals surface area contributed by atoms with Crippen LogP contribution in [0.1, 0.15) is 33.1 Å². The largest absolute Gasteiger partial charge is 0.409 e. The molecule has 6 heteroatoms. The second-order valence-corrected chi connectivity index (χ2v) is 3.56. The third-order valence-electron chi connectivity index (χ3n) is 1.95. The van der Waals surface area contributed by atoms with Crippen LogP contribution in [-0.2, 0) is 9.53 Å². The predicted molar refractivity (Wildman–Crippen MR) is 61.4 cm³/mol. The molecule has 94 valence electrons. The average molecular weight is 231 g/mol. The lowest BCUT2D eigenvalue weighted by Crippen LogP contribution is -2.35. The summed E-state index contributed by atoms with van der Waals surface area (Å²) in [5.74, 6) is 0.0695. The Balaban J connectivity index is 3.62. The highest BCUT2D eigenvalue weighted by Gasteiger charge is 2.08. The van der Waals surface area contributed by atoms with Crippen LogP contribution in [0.25, 0.3) is 0 Å². The first-order chi connectivity index (χ1) is 7.60. The number of amides is 1. The topological polar surface area (TPSA) is 96.9 Å². The van der Waals surface area contributed by atoms with Crippen LogP contribution in [0.4, 0.5) is 0 Å². The van der Waals surface area contributed by atoms with Crippen molar-refractivity contribution in [3.8, 4) is 0 Å². The Bertz CT molecular complexity index is 231. The molecule has 0 aliphatic rings. The van der Waals surface area contributed by atoms with Gasteiger partial charge in [-0.2, -0.15) is 0 Å². The Morgan fingerprint density at radius 3 is 2.88 bits per heavy atom. The van der Waals surface area contributed by atoms with Gasteiger partial charge in [-0.1, -0.05) is 5.16 Å². The molecule has 0 aliphatic heterocycles. The van der Waals surface area contributed by atoms with E-state index in [4.69, 9.17) is 15.7 Å². The van der Waals surface area contributed by atoms with Gasteiger partial charge in [0.2, 0.25) is 5.91 Å². The number of carbonyl (C=O) groups is 1. The van der Waals surface area contributed by atoms with Crippen molar-refractivity contribution < 1.29 is 14.7 Å². The fourth-order valence-corrected chi connectivity index (χ4v) is 1.23. The maximum Gasteiger partial charge on any atom is 0.220 e. The van der Waals surface area contributed by atoms with Crippen molar-refractivity contribution in [3.63, 3.8) is 0 Å². The Morgan fingerprint density at radius 2 is 2.31 bits per heavy atom. The first kappa shape index (κ1) is 14.7. The van der Waals surface area contributed by atoms with Crippen LogP contribution >= 0.6 is 0 Å². The smallest absolute Gasteiger partial charge is 0.220 e. The minimum absolute atomic E-state index is 0.0436. The van der Waals surface area contributed by atoms with Crippen molar-refractivity contribution in [2.24, 2.45) is 10.9 Å². The van der Waals surface area contributed by atoms with Crippen molar-refractivity contribution in [3.05, 3.63) is 0 Å². The SMILES string of the molecule is CCOCCCC(=O)NC(C)CC(N)=NO. The Kier molecular flexibility index (Phi) is 8.24. The average Bonchev–Trinajstić information content (AvgIpc) is 2.24. The quantitative estimate of drug-likeness (QED) is 0.186. The molecule has 1 amide bonds. The van der Waals surface area contributed by atoms with Gasteiger partial charge in [-0.15, -0.1) is 0 Å². The van der Waals surface area contributed by atoms with E-state index in [0.29, 0.717) is 32.5 Å². The van der Waals surface area contributed by atoms with Gasteiger partial charge < -0.3 is 21.0 Å². The summed E-state index contributed by atoms with van der Waals surface area (Å²) in [5, 5.41) is 14.0. The minimum Gasteiger partial charge on any atom is -0.409 e. The molecular formula is C10H21N3O3. The van der Waals surface area contributed by atoms with Crippen LogP contribution in [0.3, 0.4) is 0 Å². The van der Waals surface area contributed by atoms with Crippen molar-refractivity contribution in [1.82, 2.24) is 5.32 Å². The van der Waals surface area contributed by atoms with Crippen LogP contribution in [0, 0.1) is 0 Å². The summed E-state index contributed by atoms with van der Waals surface area (Å²) in [5.41, 5.74) is 5.32. The molecule has 0 saturated heterocycles. The van der Waals surface area contributed by atoms with E-state index in [2.05, 4.69) is 10.5 Å². The summed E-state index contributed by atoms with van der Waals surface area (Å²) >= 11 is 0. The molecule has 0 bridgehead atoms. The lowest BCUT2D eigenvalue weighted by molar-refractivity contribution is -0.122. The molecule has 0 fully saturated rings. The first-order valence-corrected chi connectivity index (χ1v) is 5.43. The fourth-order valence-electron chi connectivity index (χ4n) is 1.23. The maximum atomic E-state index is 11.4. The predicted octanol–water partition coefficient (Wildman–Crippen LogP) is 0.444. The molecule has 1 unspecified atom stereocenters.